The number of hydrogen-bond acceptors (Lipinski definition) is 3. The van der Waals surface area contributed by atoms with Gasteiger partial charge in [-0.15, -0.1) is 12.4 Å². The van der Waals surface area contributed by atoms with E-state index < -0.39 is 0 Å². The van der Waals surface area contributed by atoms with Crippen molar-refractivity contribution < 1.29 is 9.53 Å². The minimum absolute atomic E-state index is 0. The normalized spacial score (nSPS) is 20.8. The first-order chi connectivity index (χ1) is 7.70. The van der Waals surface area contributed by atoms with Crippen molar-refractivity contribution in [3.05, 3.63) is 0 Å². The number of carbonyl (C=O) groups excluding carboxylic acids is 1. The molecule has 2 unspecified atom stereocenters. The molecule has 0 aromatic carbocycles. The molecular formula is C12H25ClN2O2. The van der Waals surface area contributed by atoms with Gasteiger partial charge in [-0.3, -0.25) is 4.79 Å². The average molecular weight is 265 g/mol. The Morgan fingerprint density at radius 1 is 1.53 bits per heavy atom. The van der Waals surface area contributed by atoms with Crippen LogP contribution in [0.15, 0.2) is 0 Å². The number of rotatable bonds is 6. The number of halogens is 1. The second kappa shape index (κ2) is 8.72. The number of nitrogens with one attached hydrogen (secondary N) is 1. The van der Waals surface area contributed by atoms with Crippen molar-refractivity contribution in [2.45, 2.75) is 45.8 Å². The first-order valence-corrected chi connectivity index (χ1v) is 6.33. The Hall–Kier alpha value is -0.320. The summed E-state index contributed by atoms with van der Waals surface area (Å²) in [7, 11) is 0. The van der Waals surface area contributed by atoms with Gasteiger partial charge in [0, 0.05) is 25.7 Å². The van der Waals surface area contributed by atoms with Gasteiger partial charge in [0.15, 0.2) is 0 Å². The molecule has 102 valence electrons. The lowest BCUT2D eigenvalue weighted by molar-refractivity contribution is -0.144. The molecule has 0 saturated carbocycles. The highest BCUT2D eigenvalue weighted by Crippen LogP contribution is 2.12. The third kappa shape index (κ3) is 4.82. The Balaban J connectivity index is 0.00000256. The Labute approximate surface area is 110 Å². The van der Waals surface area contributed by atoms with Gasteiger partial charge in [0.05, 0.1) is 0 Å². The van der Waals surface area contributed by atoms with E-state index in [-0.39, 0.29) is 24.4 Å². The molecule has 1 N–H and O–H groups in total. The van der Waals surface area contributed by atoms with Gasteiger partial charge in [-0.05, 0) is 33.2 Å². The smallest absolute Gasteiger partial charge is 0.251 e. The molecule has 0 spiro atoms. The summed E-state index contributed by atoms with van der Waals surface area (Å²) in [5.41, 5.74) is 0. The summed E-state index contributed by atoms with van der Waals surface area (Å²) in [4.78, 5) is 14.2. The second-order valence-corrected chi connectivity index (χ2v) is 4.28. The molecule has 0 aromatic heterocycles. The molecule has 1 heterocycles. The van der Waals surface area contributed by atoms with E-state index in [0.29, 0.717) is 12.6 Å². The van der Waals surface area contributed by atoms with E-state index in [2.05, 4.69) is 12.2 Å². The van der Waals surface area contributed by atoms with Gasteiger partial charge >= 0.3 is 0 Å². The van der Waals surface area contributed by atoms with E-state index in [9.17, 15) is 4.79 Å². The SMILES string of the molecule is CCCN(C(=O)C(C)OCC)C1CCNC1.Cl. The molecule has 1 amide bonds. The van der Waals surface area contributed by atoms with Crippen molar-refractivity contribution in [2.75, 3.05) is 26.2 Å². The van der Waals surface area contributed by atoms with Crippen LogP contribution in [0.2, 0.25) is 0 Å². The van der Waals surface area contributed by atoms with Crippen molar-refractivity contribution in [1.29, 1.82) is 0 Å². The highest BCUT2D eigenvalue weighted by molar-refractivity contribution is 5.85. The Morgan fingerprint density at radius 3 is 2.71 bits per heavy atom. The van der Waals surface area contributed by atoms with Crippen LogP contribution >= 0.6 is 12.4 Å². The zero-order valence-electron chi connectivity index (χ0n) is 11.1. The van der Waals surface area contributed by atoms with Crippen molar-refractivity contribution in [3.8, 4) is 0 Å². The molecular weight excluding hydrogens is 240 g/mol. The lowest BCUT2D eigenvalue weighted by atomic mass is 10.2. The maximum atomic E-state index is 12.2. The summed E-state index contributed by atoms with van der Waals surface area (Å²) in [5.74, 6) is 0.136. The van der Waals surface area contributed by atoms with Crippen LogP contribution in [0.1, 0.15) is 33.6 Å². The molecule has 0 bridgehead atoms. The molecule has 1 rings (SSSR count). The number of ether oxygens (including phenoxy) is 1. The van der Waals surface area contributed by atoms with E-state index in [0.717, 1.165) is 32.5 Å². The molecule has 0 aliphatic carbocycles. The molecule has 1 aliphatic heterocycles. The molecule has 0 aromatic rings. The summed E-state index contributed by atoms with van der Waals surface area (Å²) in [5, 5.41) is 3.30. The molecule has 5 heteroatoms. The van der Waals surface area contributed by atoms with Crippen LogP contribution < -0.4 is 5.32 Å². The van der Waals surface area contributed by atoms with Gasteiger partial charge in [0.2, 0.25) is 0 Å². The summed E-state index contributed by atoms with van der Waals surface area (Å²) >= 11 is 0. The number of hydrogen-bond donors (Lipinski definition) is 1. The van der Waals surface area contributed by atoms with Crippen LogP contribution in [0.4, 0.5) is 0 Å². The molecule has 1 aliphatic rings. The van der Waals surface area contributed by atoms with Gasteiger partial charge in [0.25, 0.3) is 5.91 Å². The molecule has 1 fully saturated rings. The lowest BCUT2D eigenvalue weighted by Crippen LogP contribution is -2.46. The minimum atomic E-state index is -0.308. The van der Waals surface area contributed by atoms with Gasteiger partial charge in [0.1, 0.15) is 6.10 Å². The van der Waals surface area contributed by atoms with Crippen LogP contribution in [0, 0.1) is 0 Å². The molecule has 17 heavy (non-hydrogen) atoms. The molecule has 0 radical (unpaired) electrons. The van der Waals surface area contributed by atoms with Crippen molar-refractivity contribution in [3.63, 3.8) is 0 Å². The third-order valence-electron chi connectivity index (χ3n) is 2.99. The van der Waals surface area contributed by atoms with E-state index in [1.807, 2.05) is 18.7 Å². The number of nitrogens with zero attached hydrogens (tertiary/aromatic N) is 1. The van der Waals surface area contributed by atoms with Crippen LogP contribution in [0.3, 0.4) is 0 Å². The zero-order chi connectivity index (χ0) is 12.0. The molecule has 2 atom stereocenters. The Morgan fingerprint density at radius 2 is 2.24 bits per heavy atom. The predicted octanol–water partition coefficient (Wildman–Crippen LogP) is 1.43. The summed E-state index contributed by atoms with van der Waals surface area (Å²) < 4.78 is 5.38. The average Bonchev–Trinajstić information content (AvgIpc) is 2.78. The number of carbonyl (C=O) groups is 1. The fourth-order valence-electron chi connectivity index (χ4n) is 2.17. The molecule has 1 saturated heterocycles. The Kier molecular flexibility index (Phi) is 8.56. The van der Waals surface area contributed by atoms with E-state index in [4.69, 9.17) is 4.74 Å². The van der Waals surface area contributed by atoms with Crippen molar-refractivity contribution >= 4 is 18.3 Å². The quantitative estimate of drug-likeness (QED) is 0.789. The zero-order valence-corrected chi connectivity index (χ0v) is 11.9. The summed E-state index contributed by atoms with van der Waals surface area (Å²) in [6.07, 6.45) is 1.75. The monoisotopic (exact) mass is 264 g/mol. The second-order valence-electron chi connectivity index (χ2n) is 4.28. The largest absolute Gasteiger partial charge is 0.369 e. The van der Waals surface area contributed by atoms with Crippen molar-refractivity contribution in [1.82, 2.24) is 10.2 Å². The topological polar surface area (TPSA) is 41.6 Å². The minimum Gasteiger partial charge on any atom is -0.369 e. The Bertz CT molecular complexity index is 221. The van der Waals surface area contributed by atoms with Gasteiger partial charge in [-0.1, -0.05) is 6.92 Å². The third-order valence-corrected chi connectivity index (χ3v) is 2.99. The maximum absolute atomic E-state index is 12.2. The van der Waals surface area contributed by atoms with Gasteiger partial charge in [-0.2, -0.15) is 0 Å². The standard InChI is InChI=1S/C12H24N2O2.ClH/c1-4-8-14(11-6-7-13-9-11)12(15)10(3)16-5-2;/h10-11,13H,4-9H2,1-3H3;1H. The predicted molar refractivity (Wildman–Crippen MR) is 71.6 cm³/mol. The van der Waals surface area contributed by atoms with Crippen LogP contribution in [0.5, 0.6) is 0 Å². The van der Waals surface area contributed by atoms with E-state index in [1.54, 1.807) is 0 Å². The van der Waals surface area contributed by atoms with Gasteiger partial charge in [-0.25, -0.2) is 0 Å². The lowest BCUT2D eigenvalue weighted by Gasteiger charge is -2.30. The van der Waals surface area contributed by atoms with Gasteiger partial charge < -0.3 is 15.0 Å². The maximum Gasteiger partial charge on any atom is 0.251 e. The van der Waals surface area contributed by atoms with Crippen LogP contribution in [-0.2, 0) is 9.53 Å². The fourth-order valence-corrected chi connectivity index (χ4v) is 2.17. The van der Waals surface area contributed by atoms with Crippen LogP contribution in [0.25, 0.3) is 0 Å². The van der Waals surface area contributed by atoms with E-state index in [1.165, 1.54) is 0 Å². The highest BCUT2D eigenvalue weighted by atomic mass is 35.5. The van der Waals surface area contributed by atoms with Crippen LogP contribution in [-0.4, -0.2) is 49.2 Å². The van der Waals surface area contributed by atoms with E-state index >= 15 is 0 Å². The first-order valence-electron chi connectivity index (χ1n) is 6.33. The first kappa shape index (κ1) is 16.7. The number of amides is 1. The summed E-state index contributed by atoms with van der Waals surface area (Å²) in [6.45, 7) is 9.24. The fraction of sp³-hybridized carbons (Fsp3) is 0.917. The molecule has 4 nitrogen and oxygen atoms in total. The highest BCUT2D eigenvalue weighted by Gasteiger charge is 2.28. The summed E-state index contributed by atoms with van der Waals surface area (Å²) in [6, 6.07) is 0.357. The van der Waals surface area contributed by atoms with Crippen molar-refractivity contribution in [2.24, 2.45) is 0 Å².